The van der Waals surface area contributed by atoms with E-state index in [1.807, 2.05) is 31.2 Å². The highest BCUT2D eigenvalue weighted by molar-refractivity contribution is 5.64. The Labute approximate surface area is 80.7 Å². The molecular weight excluding hydrogens is 178 g/mol. The smallest absolute Gasteiger partial charge is 0.249 e. The Balaban J connectivity index is 2.30. The van der Waals surface area contributed by atoms with Gasteiger partial charge >= 0.3 is 0 Å². The molecule has 0 radical (unpaired) electrons. The molecule has 70 valence electrons. The molecule has 0 amide bonds. The largest absolute Gasteiger partial charge is 0.352 e. The predicted molar refractivity (Wildman–Crippen MR) is 55.8 cm³/mol. The van der Waals surface area contributed by atoms with Gasteiger partial charge in [0.25, 0.3) is 0 Å². The molecule has 0 atom stereocenters. The van der Waals surface area contributed by atoms with Crippen LogP contribution in [0.15, 0.2) is 39.9 Å². The molecular formula is C11H9NO2. The molecule has 0 aliphatic carbocycles. The quantitative estimate of drug-likeness (QED) is 0.721. The standard InChI is InChI=1S/C11H9NO2/c1-7-4-2-3-5-8(7)12-9-6-10(13)11(9)14/h2-6,12H,1H3. The summed E-state index contributed by atoms with van der Waals surface area (Å²) in [5.74, 6) is 0. The minimum Gasteiger partial charge on any atom is -0.352 e. The number of para-hydroxylation sites is 1. The van der Waals surface area contributed by atoms with Crippen molar-refractivity contribution in [3.05, 3.63) is 56.3 Å². The van der Waals surface area contributed by atoms with Crippen molar-refractivity contribution >= 4 is 11.4 Å². The molecule has 2 rings (SSSR count). The number of anilines is 2. The summed E-state index contributed by atoms with van der Waals surface area (Å²) in [5, 5.41) is 2.92. The van der Waals surface area contributed by atoms with Crippen LogP contribution in [-0.2, 0) is 0 Å². The average molecular weight is 187 g/mol. The normalized spacial score (nSPS) is 10.4. The summed E-state index contributed by atoms with van der Waals surface area (Å²) in [6.45, 7) is 1.94. The van der Waals surface area contributed by atoms with Gasteiger partial charge in [0.2, 0.25) is 10.9 Å². The Morgan fingerprint density at radius 3 is 2.36 bits per heavy atom. The van der Waals surface area contributed by atoms with Crippen LogP contribution in [0, 0.1) is 6.92 Å². The van der Waals surface area contributed by atoms with Gasteiger partial charge in [0.1, 0.15) is 0 Å². The van der Waals surface area contributed by atoms with Crippen molar-refractivity contribution in [3.63, 3.8) is 0 Å². The topological polar surface area (TPSA) is 46.2 Å². The first-order chi connectivity index (χ1) is 6.68. The van der Waals surface area contributed by atoms with Crippen LogP contribution in [0.5, 0.6) is 0 Å². The fourth-order valence-corrected chi connectivity index (χ4v) is 1.27. The van der Waals surface area contributed by atoms with Crippen molar-refractivity contribution in [2.75, 3.05) is 5.32 Å². The molecule has 0 unspecified atom stereocenters. The van der Waals surface area contributed by atoms with E-state index in [2.05, 4.69) is 5.32 Å². The van der Waals surface area contributed by atoms with Gasteiger partial charge in [0.15, 0.2) is 0 Å². The number of benzene rings is 1. The maximum absolute atomic E-state index is 11.0. The molecule has 0 aliphatic rings. The summed E-state index contributed by atoms with van der Waals surface area (Å²) in [6.07, 6.45) is 0. The van der Waals surface area contributed by atoms with Crippen LogP contribution in [0.4, 0.5) is 11.4 Å². The number of hydrogen-bond donors (Lipinski definition) is 1. The summed E-state index contributed by atoms with van der Waals surface area (Å²) >= 11 is 0. The van der Waals surface area contributed by atoms with Crippen molar-refractivity contribution in [1.82, 2.24) is 0 Å². The van der Waals surface area contributed by atoms with Crippen molar-refractivity contribution in [3.8, 4) is 0 Å². The van der Waals surface area contributed by atoms with Crippen LogP contribution in [0.2, 0.25) is 0 Å². The molecule has 3 nitrogen and oxygen atoms in total. The highest BCUT2D eigenvalue weighted by atomic mass is 16.2. The number of aryl methyl sites for hydroxylation is 1. The summed E-state index contributed by atoms with van der Waals surface area (Å²) < 4.78 is 0. The average Bonchev–Trinajstić information content (AvgIpc) is 2.20. The summed E-state index contributed by atoms with van der Waals surface area (Å²) in [7, 11) is 0. The number of rotatable bonds is 2. The fourth-order valence-electron chi connectivity index (χ4n) is 1.27. The monoisotopic (exact) mass is 187 g/mol. The highest BCUT2D eigenvalue weighted by Crippen LogP contribution is 2.16. The van der Waals surface area contributed by atoms with Crippen LogP contribution in [0.3, 0.4) is 0 Å². The first-order valence-electron chi connectivity index (χ1n) is 4.31. The van der Waals surface area contributed by atoms with E-state index in [-0.39, 0.29) is 0 Å². The van der Waals surface area contributed by atoms with Crippen molar-refractivity contribution in [1.29, 1.82) is 0 Å². The van der Waals surface area contributed by atoms with E-state index >= 15 is 0 Å². The van der Waals surface area contributed by atoms with Gasteiger partial charge in [0, 0.05) is 11.8 Å². The van der Waals surface area contributed by atoms with E-state index in [1.165, 1.54) is 6.07 Å². The molecule has 14 heavy (non-hydrogen) atoms. The number of hydrogen-bond acceptors (Lipinski definition) is 3. The molecule has 1 N–H and O–H groups in total. The lowest BCUT2D eigenvalue weighted by Crippen LogP contribution is -2.31. The lowest BCUT2D eigenvalue weighted by atomic mass is 10.2. The number of nitrogens with one attached hydrogen (secondary N) is 1. The molecule has 2 aromatic carbocycles. The van der Waals surface area contributed by atoms with Gasteiger partial charge in [-0.25, -0.2) is 0 Å². The molecule has 0 spiro atoms. The molecule has 0 bridgehead atoms. The van der Waals surface area contributed by atoms with E-state index < -0.39 is 10.9 Å². The van der Waals surface area contributed by atoms with Crippen molar-refractivity contribution in [2.24, 2.45) is 0 Å². The van der Waals surface area contributed by atoms with Crippen LogP contribution >= 0.6 is 0 Å². The zero-order valence-electron chi connectivity index (χ0n) is 7.70. The third-order valence-corrected chi connectivity index (χ3v) is 2.16. The molecule has 0 saturated carbocycles. The van der Waals surface area contributed by atoms with Gasteiger partial charge in [-0.05, 0) is 18.6 Å². The van der Waals surface area contributed by atoms with E-state index in [1.54, 1.807) is 0 Å². The molecule has 0 aliphatic heterocycles. The zero-order valence-corrected chi connectivity index (χ0v) is 7.70. The summed E-state index contributed by atoms with van der Waals surface area (Å²) in [5.41, 5.74) is 1.42. The van der Waals surface area contributed by atoms with E-state index in [0.29, 0.717) is 5.69 Å². The Bertz CT molecular complexity index is 536. The minimum atomic E-state index is -0.437. The third kappa shape index (κ3) is 1.33. The SMILES string of the molecule is Cc1ccccc1Nc1cc(=O)c1=O. The maximum Gasteiger partial charge on any atom is 0.249 e. The second-order valence-electron chi connectivity index (χ2n) is 3.19. The zero-order chi connectivity index (χ0) is 10.1. The van der Waals surface area contributed by atoms with Gasteiger partial charge in [-0.3, -0.25) is 9.59 Å². The fraction of sp³-hybridized carbons (Fsp3) is 0.0909. The van der Waals surface area contributed by atoms with E-state index in [9.17, 15) is 9.59 Å². The second kappa shape index (κ2) is 3.10. The van der Waals surface area contributed by atoms with E-state index in [4.69, 9.17) is 0 Å². The van der Waals surface area contributed by atoms with Crippen LogP contribution in [0.1, 0.15) is 5.56 Å². The second-order valence-corrected chi connectivity index (χ2v) is 3.19. The molecule has 3 heteroatoms. The van der Waals surface area contributed by atoms with E-state index in [0.717, 1.165) is 11.3 Å². The molecule has 2 aromatic rings. The Morgan fingerprint density at radius 2 is 1.79 bits per heavy atom. The van der Waals surface area contributed by atoms with Gasteiger partial charge in [-0.2, -0.15) is 0 Å². The first-order valence-corrected chi connectivity index (χ1v) is 4.31. The van der Waals surface area contributed by atoms with Gasteiger partial charge in [0.05, 0.1) is 5.69 Å². The Kier molecular flexibility index (Phi) is 1.93. The summed E-state index contributed by atoms with van der Waals surface area (Å²) in [4.78, 5) is 21.6. The van der Waals surface area contributed by atoms with Crippen molar-refractivity contribution < 1.29 is 0 Å². The Morgan fingerprint density at radius 1 is 1.07 bits per heavy atom. The first kappa shape index (κ1) is 8.69. The lowest BCUT2D eigenvalue weighted by molar-refractivity contribution is 1.36. The Hall–Kier alpha value is -1.90. The molecule has 0 heterocycles. The van der Waals surface area contributed by atoms with Crippen LogP contribution < -0.4 is 16.2 Å². The van der Waals surface area contributed by atoms with Gasteiger partial charge in [-0.15, -0.1) is 0 Å². The molecule has 0 saturated heterocycles. The predicted octanol–water partition coefficient (Wildman–Crippen LogP) is 1.33. The van der Waals surface area contributed by atoms with Crippen molar-refractivity contribution in [2.45, 2.75) is 6.92 Å². The van der Waals surface area contributed by atoms with Gasteiger partial charge in [-0.1, -0.05) is 18.2 Å². The minimum absolute atomic E-state index is 0.379. The summed E-state index contributed by atoms with van der Waals surface area (Å²) in [6, 6.07) is 8.92. The maximum atomic E-state index is 11.0. The lowest BCUT2D eigenvalue weighted by Gasteiger charge is -2.08. The molecule has 0 fully saturated rings. The van der Waals surface area contributed by atoms with Crippen LogP contribution in [0.25, 0.3) is 0 Å². The van der Waals surface area contributed by atoms with Crippen LogP contribution in [-0.4, -0.2) is 0 Å². The third-order valence-electron chi connectivity index (χ3n) is 2.16. The highest BCUT2D eigenvalue weighted by Gasteiger charge is 2.09. The van der Waals surface area contributed by atoms with Gasteiger partial charge < -0.3 is 5.32 Å². The molecule has 0 aromatic heterocycles.